The van der Waals surface area contributed by atoms with Gasteiger partial charge in [0.1, 0.15) is 0 Å². The zero-order valence-corrected chi connectivity index (χ0v) is 19.3. The number of aliphatic imine (C=N–C) groups is 1. The maximum Gasteiger partial charge on any atom is 0.191 e. The van der Waals surface area contributed by atoms with Crippen molar-refractivity contribution in [1.29, 1.82) is 0 Å². The minimum Gasteiger partial charge on any atom is -0.357 e. The van der Waals surface area contributed by atoms with Crippen molar-refractivity contribution in [2.45, 2.75) is 32.9 Å². The molecule has 0 radical (unpaired) electrons. The lowest BCUT2D eigenvalue weighted by molar-refractivity contribution is 0.172. The topological polar surface area (TPSA) is 44.6 Å². The molecule has 1 fully saturated rings. The van der Waals surface area contributed by atoms with Crippen LogP contribution in [-0.4, -0.2) is 48.2 Å². The summed E-state index contributed by atoms with van der Waals surface area (Å²) >= 11 is 1.86. The molecule has 3 rings (SSSR count). The summed E-state index contributed by atoms with van der Waals surface area (Å²) in [5.41, 5.74) is 0. The number of aromatic nitrogens is 1. The highest BCUT2D eigenvalue weighted by Gasteiger charge is 2.20. The molecule has 2 aromatic heterocycles. The Morgan fingerprint density at radius 1 is 1.26 bits per heavy atom. The van der Waals surface area contributed by atoms with Gasteiger partial charge in [-0.3, -0.25) is 9.89 Å². The van der Waals surface area contributed by atoms with E-state index in [-0.39, 0.29) is 24.0 Å². The molecule has 1 unspecified atom stereocenters. The van der Waals surface area contributed by atoms with E-state index in [1.54, 1.807) is 0 Å². The largest absolute Gasteiger partial charge is 0.357 e. The Bertz CT molecular complexity index is 641. The number of thiophene rings is 1. The van der Waals surface area contributed by atoms with Gasteiger partial charge in [0.2, 0.25) is 0 Å². The quantitative estimate of drug-likeness (QED) is 0.330. The average Bonchev–Trinajstić information content (AvgIpc) is 3.34. The first kappa shape index (κ1) is 22.2. The van der Waals surface area contributed by atoms with E-state index in [0.717, 1.165) is 45.2 Å². The van der Waals surface area contributed by atoms with Gasteiger partial charge in [-0.05, 0) is 55.8 Å². The minimum absolute atomic E-state index is 0. The second-order valence-electron chi connectivity index (χ2n) is 6.89. The molecule has 1 atom stereocenters. The summed E-state index contributed by atoms with van der Waals surface area (Å²) in [4.78, 5) is 8.90. The zero-order chi connectivity index (χ0) is 18.0. The number of nitrogens with zero attached hydrogens (tertiary/aromatic N) is 3. The van der Waals surface area contributed by atoms with Crippen LogP contribution in [-0.2, 0) is 13.1 Å². The van der Waals surface area contributed by atoms with Gasteiger partial charge in [-0.15, -0.1) is 35.3 Å². The van der Waals surface area contributed by atoms with Gasteiger partial charge < -0.3 is 15.2 Å². The number of nitrogens with one attached hydrogen (secondary N) is 2. The van der Waals surface area contributed by atoms with Gasteiger partial charge in [-0.2, -0.15) is 0 Å². The Labute approximate surface area is 184 Å². The summed E-state index contributed by atoms with van der Waals surface area (Å²) in [5.74, 6) is 1.60. The molecule has 1 aliphatic heterocycles. The summed E-state index contributed by atoms with van der Waals surface area (Å²) in [6.45, 7) is 9.21. The van der Waals surface area contributed by atoms with E-state index in [1.807, 2.05) is 11.3 Å². The first-order valence-electron chi connectivity index (χ1n) is 9.71. The summed E-state index contributed by atoms with van der Waals surface area (Å²) in [6.07, 6.45) is 6.75. The molecule has 0 aromatic carbocycles. The van der Waals surface area contributed by atoms with E-state index in [0.29, 0.717) is 5.92 Å². The van der Waals surface area contributed by atoms with Gasteiger partial charge in [0.15, 0.2) is 5.96 Å². The van der Waals surface area contributed by atoms with Crippen LogP contribution in [0.5, 0.6) is 0 Å². The smallest absolute Gasteiger partial charge is 0.191 e. The first-order valence-corrected chi connectivity index (χ1v) is 10.6. The fraction of sp³-hybridized carbons (Fsp3) is 0.550. The molecule has 0 amide bonds. The third kappa shape index (κ3) is 7.83. The lowest BCUT2D eigenvalue weighted by Crippen LogP contribution is -2.40. The molecular weight excluding hydrogens is 469 g/mol. The molecule has 0 aliphatic carbocycles. The SMILES string of the molecule is CCNC(=NCC1CCCN(Cc2cccs2)C1)NCCn1cccc1.I. The van der Waals surface area contributed by atoms with Gasteiger partial charge >= 0.3 is 0 Å². The van der Waals surface area contributed by atoms with Crippen molar-refractivity contribution in [2.75, 3.05) is 32.7 Å². The third-order valence-corrected chi connectivity index (χ3v) is 5.60. The van der Waals surface area contributed by atoms with Crippen LogP contribution in [0.3, 0.4) is 0 Å². The van der Waals surface area contributed by atoms with E-state index < -0.39 is 0 Å². The number of hydrogen-bond donors (Lipinski definition) is 2. The summed E-state index contributed by atoms with van der Waals surface area (Å²) in [5, 5.41) is 8.99. The predicted octanol–water partition coefficient (Wildman–Crippen LogP) is 3.63. The van der Waals surface area contributed by atoms with Gasteiger partial charge in [-0.25, -0.2) is 0 Å². The van der Waals surface area contributed by atoms with Gasteiger partial charge in [0.05, 0.1) is 0 Å². The Hall–Kier alpha value is -1.06. The highest BCUT2D eigenvalue weighted by molar-refractivity contribution is 14.0. The molecule has 2 N–H and O–H groups in total. The van der Waals surface area contributed by atoms with Crippen LogP contribution < -0.4 is 10.6 Å². The van der Waals surface area contributed by atoms with Crippen molar-refractivity contribution in [1.82, 2.24) is 20.1 Å². The highest BCUT2D eigenvalue weighted by Crippen LogP contribution is 2.20. The second kappa shape index (κ2) is 12.4. The molecule has 150 valence electrons. The third-order valence-electron chi connectivity index (χ3n) is 4.74. The molecule has 0 saturated carbocycles. The maximum absolute atomic E-state index is 4.85. The Kier molecular flexibility index (Phi) is 10.2. The lowest BCUT2D eigenvalue weighted by Gasteiger charge is -2.31. The molecule has 0 spiro atoms. The normalized spacial score (nSPS) is 18.1. The van der Waals surface area contributed by atoms with Gasteiger partial charge in [-0.1, -0.05) is 6.07 Å². The van der Waals surface area contributed by atoms with Gasteiger partial charge in [0.25, 0.3) is 0 Å². The fourth-order valence-corrected chi connectivity index (χ4v) is 4.20. The molecule has 1 aliphatic rings. The van der Waals surface area contributed by atoms with Crippen LogP contribution in [0, 0.1) is 5.92 Å². The van der Waals surface area contributed by atoms with Crippen LogP contribution in [0.1, 0.15) is 24.6 Å². The van der Waals surface area contributed by atoms with E-state index >= 15 is 0 Å². The molecular formula is C20H32IN5S. The number of hydrogen-bond acceptors (Lipinski definition) is 3. The number of piperidine rings is 1. The summed E-state index contributed by atoms with van der Waals surface area (Å²) in [6, 6.07) is 8.51. The van der Waals surface area contributed by atoms with Crippen molar-refractivity contribution in [3.63, 3.8) is 0 Å². The van der Waals surface area contributed by atoms with Gasteiger partial charge in [0, 0.05) is 56.5 Å². The average molecular weight is 501 g/mol. The second-order valence-corrected chi connectivity index (χ2v) is 7.92. The molecule has 0 bridgehead atoms. The molecule has 1 saturated heterocycles. The minimum atomic E-state index is 0. The van der Waals surface area contributed by atoms with Crippen LogP contribution in [0.25, 0.3) is 0 Å². The van der Waals surface area contributed by atoms with Crippen LogP contribution in [0.15, 0.2) is 47.0 Å². The van der Waals surface area contributed by atoms with Crippen LogP contribution in [0.2, 0.25) is 0 Å². The predicted molar refractivity (Wildman–Crippen MR) is 126 cm³/mol. The Morgan fingerprint density at radius 3 is 2.85 bits per heavy atom. The molecule has 3 heterocycles. The molecule has 7 heteroatoms. The van der Waals surface area contributed by atoms with Crippen molar-refractivity contribution in [3.05, 3.63) is 46.9 Å². The standard InChI is InChI=1S/C20H31N5S.HI/c1-2-21-20(22-9-13-24-10-3-4-11-24)23-15-18-7-5-12-25(16-18)17-19-8-6-14-26-19;/h3-4,6,8,10-11,14,18H,2,5,7,9,12-13,15-17H2,1H3,(H2,21,22,23);1H. The number of guanidine groups is 1. The van der Waals surface area contributed by atoms with Crippen molar-refractivity contribution < 1.29 is 0 Å². The fourth-order valence-electron chi connectivity index (χ4n) is 3.45. The van der Waals surface area contributed by atoms with E-state index in [4.69, 9.17) is 4.99 Å². The summed E-state index contributed by atoms with van der Waals surface area (Å²) in [7, 11) is 0. The zero-order valence-electron chi connectivity index (χ0n) is 16.1. The molecule has 5 nitrogen and oxygen atoms in total. The lowest BCUT2D eigenvalue weighted by atomic mass is 9.98. The van der Waals surface area contributed by atoms with Crippen molar-refractivity contribution in [3.8, 4) is 0 Å². The summed E-state index contributed by atoms with van der Waals surface area (Å²) < 4.78 is 2.18. The number of halogens is 1. The Morgan fingerprint density at radius 2 is 2.11 bits per heavy atom. The first-order chi connectivity index (χ1) is 12.8. The van der Waals surface area contributed by atoms with E-state index in [2.05, 4.69) is 69.1 Å². The molecule has 27 heavy (non-hydrogen) atoms. The number of likely N-dealkylation sites (tertiary alicyclic amines) is 1. The number of rotatable bonds is 8. The maximum atomic E-state index is 4.85. The van der Waals surface area contributed by atoms with Crippen molar-refractivity contribution >= 4 is 41.3 Å². The molecule has 2 aromatic rings. The highest BCUT2D eigenvalue weighted by atomic mass is 127. The van der Waals surface area contributed by atoms with E-state index in [1.165, 1.54) is 24.3 Å². The monoisotopic (exact) mass is 501 g/mol. The van der Waals surface area contributed by atoms with Crippen LogP contribution in [0.4, 0.5) is 0 Å². The van der Waals surface area contributed by atoms with Crippen molar-refractivity contribution in [2.24, 2.45) is 10.9 Å². The van der Waals surface area contributed by atoms with Crippen LogP contribution >= 0.6 is 35.3 Å². The van der Waals surface area contributed by atoms with E-state index in [9.17, 15) is 0 Å². The Balaban J connectivity index is 0.00000261.